The summed E-state index contributed by atoms with van der Waals surface area (Å²) in [6.45, 7) is 1.65. The number of benzene rings is 2. The maximum atomic E-state index is 12.0. The Morgan fingerprint density at radius 2 is 1.92 bits per heavy atom. The van der Waals surface area contributed by atoms with Crippen LogP contribution in [0.5, 0.6) is 0 Å². The molecule has 1 heterocycles. The summed E-state index contributed by atoms with van der Waals surface area (Å²) < 4.78 is 6.23. The molecular formula is C17H11IN2O4. The molecule has 0 saturated heterocycles. The summed E-state index contributed by atoms with van der Waals surface area (Å²) in [4.78, 5) is 26.7. The zero-order valence-corrected chi connectivity index (χ0v) is 14.7. The van der Waals surface area contributed by atoms with Crippen LogP contribution < -0.4 is 0 Å². The number of esters is 1. The van der Waals surface area contributed by atoms with E-state index in [1.165, 1.54) is 6.07 Å². The summed E-state index contributed by atoms with van der Waals surface area (Å²) >= 11 is 2.19. The molecule has 7 heteroatoms. The normalized spacial score (nSPS) is 15.3. The van der Waals surface area contributed by atoms with Crippen LogP contribution in [0, 0.1) is 20.6 Å². The van der Waals surface area contributed by atoms with Crippen LogP contribution in [-0.4, -0.2) is 16.8 Å². The van der Waals surface area contributed by atoms with Gasteiger partial charge in [0.25, 0.3) is 5.69 Å². The van der Waals surface area contributed by atoms with Gasteiger partial charge in [-0.2, -0.15) is 0 Å². The van der Waals surface area contributed by atoms with Crippen molar-refractivity contribution in [2.24, 2.45) is 4.99 Å². The number of aliphatic imine (C=N–C) groups is 1. The molecule has 120 valence electrons. The largest absolute Gasteiger partial charge is 0.402 e. The number of nitrogens with zero attached hydrogens (tertiary/aromatic N) is 2. The van der Waals surface area contributed by atoms with Crippen LogP contribution in [-0.2, 0) is 9.53 Å². The lowest BCUT2D eigenvalue weighted by Gasteiger charge is -2.01. The number of halogens is 1. The van der Waals surface area contributed by atoms with E-state index < -0.39 is 10.9 Å². The van der Waals surface area contributed by atoms with Gasteiger partial charge in [-0.05, 0) is 59.4 Å². The quantitative estimate of drug-likeness (QED) is 0.242. The highest BCUT2D eigenvalue weighted by molar-refractivity contribution is 14.1. The summed E-state index contributed by atoms with van der Waals surface area (Å²) in [6, 6.07) is 12.2. The predicted molar refractivity (Wildman–Crippen MR) is 97.6 cm³/mol. The van der Waals surface area contributed by atoms with Gasteiger partial charge in [0.15, 0.2) is 5.70 Å². The van der Waals surface area contributed by atoms with Gasteiger partial charge in [0, 0.05) is 20.8 Å². The molecule has 24 heavy (non-hydrogen) atoms. The van der Waals surface area contributed by atoms with E-state index in [2.05, 4.69) is 27.6 Å². The second-order valence-electron chi connectivity index (χ2n) is 5.15. The van der Waals surface area contributed by atoms with Crippen molar-refractivity contribution in [2.75, 3.05) is 0 Å². The van der Waals surface area contributed by atoms with Gasteiger partial charge in [-0.3, -0.25) is 10.1 Å². The van der Waals surface area contributed by atoms with Gasteiger partial charge < -0.3 is 4.74 Å². The Balaban J connectivity index is 1.96. The molecule has 2 aromatic carbocycles. The molecule has 0 spiro atoms. The van der Waals surface area contributed by atoms with Crippen molar-refractivity contribution in [2.45, 2.75) is 6.92 Å². The summed E-state index contributed by atoms with van der Waals surface area (Å²) in [7, 11) is 0. The van der Waals surface area contributed by atoms with E-state index in [4.69, 9.17) is 4.74 Å². The highest BCUT2D eigenvalue weighted by Gasteiger charge is 2.25. The maximum Gasteiger partial charge on any atom is 0.363 e. The second-order valence-corrected chi connectivity index (χ2v) is 6.39. The first-order valence-electron chi connectivity index (χ1n) is 6.97. The van der Waals surface area contributed by atoms with Crippen LogP contribution in [0.4, 0.5) is 5.69 Å². The molecule has 0 unspecified atom stereocenters. The lowest BCUT2D eigenvalue weighted by atomic mass is 10.1. The first kappa shape index (κ1) is 16.3. The van der Waals surface area contributed by atoms with Crippen LogP contribution in [0.1, 0.15) is 16.7 Å². The molecule has 2 aromatic rings. The van der Waals surface area contributed by atoms with Gasteiger partial charge in [-0.1, -0.05) is 18.2 Å². The average molecular weight is 434 g/mol. The van der Waals surface area contributed by atoms with Crippen LogP contribution in [0.15, 0.2) is 53.2 Å². The Kier molecular flexibility index (Phi) is 4.43. The van der Waals surface area contributed by atoms with Gasteiger partial charge in [-0.25, -0.2) is 9.79 Å². The van der Waals surface area contributed by atoms with E-state index in [9.17, 15) is 14.9 Å². The molecular weight excluding hydrogens is 423 g/mol. The zero-order valence-electron chi connectivity index (χ0n) is 12.5. The molecule has 3 rings (SSSR count). The van der Waals surface area contributed by atoms with Crippen molar-refractivity contribution in [3.05, 3.63) is 78.5 Å². The average Bonchev–Trinajstić information content (AvgIpc) is 2.90. The molecule has 0 aliphatic carbocycles. The molecule has 0 radical (unpaired) electrons. The topological polar surface area (TPSA) is 81.8 Å². The van der Waals surface area contributed by atoms with E-state index in [0.29, 0.717) is 11.1 Å². The van der Waals surface area contributed by atoms with Gasteiger partial charge in [0.05, 0.1) is 4.92 Å². The monoisotopic (exact) mass is 434 g/mol. The van der Waals surface area contributed by atoms with E-state index >= 15 is 0 Å². The van der Waals surface area contributed by atoms with Crippen LogP contribution in [0.25, 0.3) is 6.08 Å². The van der Waals surface area contributed by atoms with Gasteiger partial charge in [0.1, 0.15) is 0 Å². The number of nitro groups is 1. The molecule has 0 atom stereocenters. The number of carbonyl (C=O) groups excluding carboxylic acids is 1. The van der Waals surface area contributed by atoms with Crippen LogP contribution >= 0.6 is 22.6 Å². The zero-order chi connectivity index (χ0) is 17.3. The fraction of sp³-hybridized carbons (Fsp3) is 0.0588. The fourth-order valence-corrected chi connectivity index (χ4v) is 2.55. The number of ether oxygens (including phenoxy) is 1. The van der Waals surface area contributed by atoms with E-state index in [-0.39, 0.29) is 17.3 Å². The highest BCUT2D eigenvalue weighted by atomic mass is 127. The maximum absolute atomic E-state index is 12.0. The Morgan fingerprint density at radius 1 is 1.21 bits per heavy atom. The summed E-state index contributed by atoms with van der Waals surface area (Å²) in [6.07, 6.45) is 1.62. The van der Waals surface area contributed by atoms with E-state index in [1.54, 1.807) is 25.1 Å². The van der Waals surface area contributed by atoms with Crippen molar-refractivity contribution >= 4 is 46.2 Å². The summed E-state index contributed by atoms with van der Waals surface area (Å²) in [5.74, 6) is -0.508. The molecule has 1 aliphatic heterocycles. The third-order valence-corrected chi connectivity index (χ3v) is 4.17. The van der Waals surface area contributed by atoms with Gasteiger partial charge in [-0.15, -0.1) is 0 Å². The third kappa shape index (κ3) is 3.35. The van der Waals surface area contributed by atoms with Crippen molar-refractivity contribution in [3.63, 3.8) is 0 Å². The number of hydrogen-bond acceptors (Lipinski definition) is 5. The van der Waals surface area contributed by atoms with E-state index in [0.717, 1.165) is 9.13 Å². The Morgan fingerprint density at radius 3 is 2.58 bits per heavy atom. The fourth-order valence-electron chi connectivity index (χ4n) is 2.19. The second kappa shape index (κ2) is 6.52. The van der Waals surface area contributed by atoms with Crippen molar-refractivity contribution in [1.82, 2.24) is 0 Å². The molecule has 6 nitrogen and oxygen atoms in total. The standard InChI is InChI=1S/C17H11IN2O4/c1-10-2-5-12(9-15(10)20(22)23)16-19-14(17(21)24-16)8-11-3-6-13(18)7-4-11/h2-9H,1H3/b14-8-. The molecule has 0 N–H and O–H groups in total. The van der Waals surface area contributed by atoms with Crippen LogP contribution in [0.3, 0.4) is 0 Å². The Labute approximate surface area is 151 Å². The number of nitro benzene ring substituents is 1. The van der Waals surface area contributed by atoms with Crippen LogP contribution in [0.2, 0.25) is 0 Å². The summed E-state index contributed by atoms with van der Waals surface area (Å²) in [5.41, 5.74) is 1.87. The minimum absolute atomic E-state index is 0.0405. The number of carbonyl (C=O) groups is 1. The first-order chi connectivity index (χ1) is 11.4. The van der Waals surface area contributed by atoms with Crippen molar-refractivity contribution in [1.29, 1.82) is 0 Å². The van der Waals surface area contributed by atoms with E-state index in [1.807, 2.05) is 24.3 Å². The molecule has 0 bridgehead atoms. The minimum Gasteiger partial charge on any atom is -0.402 e. The molecule has 1 aliphatic rings. The third-order valence-electron chi connectivity index (χ3n) is 3.45. The van der Waals surface area contributed by atoms with Crippen molar-refractivity contribution in [3.8, 4) is 0 Å². The van der Waals surface area contributed by atoms with Crippen molar-refractivity contribution < 1.29 is 14.5 Å². The smallest absolute Gasteiger partial charge is 0.363 e. The Hall–Kier alpha value is -2.55. The number of hydrogen-bond donors (Lipinski definition) is 0. The molecule has 0 amide bonds. The highest BCUT2D eigenvalue weighted by Crippen LogP contribution is 2.24. The number of cyclic esters (lactones) is 1. The molecule has 0 fully saturated rings. The Bertz CT molecular complexity index is 901. The molecule has 0 aromatic heterocycles. The number of aryl methyl sites for hydroxylation is 1. The minimum atomic E-state index is -0.577. The van der Waals surface area contributed by atoms with Gasteiger partial charge >= 0.3 is 5.97 Å². The predicted octanol–water partition coefficient (Wildman–Crippen LogP) is 3.85. The lowest BCUT2D eigenvalue weighted by molar-refractivity contribution is -0.385. The molecule has 0 saturated carbocycles. The summed E-state index contributed by atoms with van der Waals surface area (Å²) in [5, 5.41) is 11.0. The first-order valence-corrected chi connectivity index (χ1v) is 8.05. The SMILES string of the molecule is Cc1ccc(C2=N/C(=C\c3ccc(I)cc3)C(=O)O2)cc1[N+](=O)[O-]. The lowest BCUT2D eigenvalue weighted by Crippen LogP contribution is -2.06. The van der Waals surface area contributed by atoms with Gasteiger partial charge in [0.2, 0.25) is 5.90 Å². The number of rotatable bonds is 3.